The van der Waals surface area contributed by atoms with Gasteiger partial charge in [-0.1, -0.05) is 12.2 Å². The van der Waals surface area contributed by atoms with E-state index in [4.69, 9.17) is 18.0 Å². The van der Waals surface area contributed by atoms with Crippen molar-refractivity contribution in [2.75, 3.05) is 20.2 Å². The van der Waals surface area contributed by atoms with Crippen LogP contribution in [0.3, 0.4) is 0 Å². The van der Waals surface area contributed by atoms with E-state index < -0.39 is 13.0 Å². The Labute approximate surface area is 86.0 Å². The van der Waals surface area contributed by atoms with Gasteiger partial charge in [0.05, 0.1) is 17.6 Å². The summed E-state index contributed by atoms with van der Waals surface area (Å²) in [6, 6.07) is -0.234. The fraction of sp³-hybridized carbons (Fsp3) is 0.857. The van der Waals surface area contributed by atoms with E-state index in [0.717, 1.165) is 0 Å². The second-order valence-corrected chi connectivity index (χ2v) is 3.32. The zero-order chi connectivity index (χ0) is 11.4. The molecule has 0 aromatic heterocycles. The number of nitrogens with two attached hydrogens (primary N) is 1. The van der Waals surface area contributed by atoms with Crippen molar-refractivity contribution in [1.82, 2.24) is 4.90 Å². The Kier molecular flexibility index (Phi) is 5.32. The van der Waals surface area contributed by atoms with E-state index in [1.54, 1.807) is 18.9 Å². The highest BCUT2D eigenvalue weighted by Gasteiger charge is 2.29. The van der Waals surface area contributed by atoms with Crippen LogP contribution in [0.25, 0.3) is 0 Å². The second kappa shape index (κ2) is 5.47. The molecule has 0 bridgehead atoms. The highest BCUT2D eigenvalue weighted by molar-refractivity contribution is 7.80. The van der Waals surface area contributed by atoms with Gasteiger partial charge in [0.15, 0.2) is 0 Å². The van der Waals surface area contributed by atoms with Crippen molar-refractivity contribution >= 4 is 17.2 Å². The summed E-state index contributed by atoms with van der Waals surface area (Å²) in [5.74, 6) is 0. The van der Waals surface area contributed by atoms with Crippen molar-refractivity contribution in [3.05, 3.63) is 0 Å². The van der Waals surface area contributed by atoms with E-state index in [1.165, 1.54) is 0 Å². The van der Waals surface area contributed by atoms with Gasteiger partial charge in [-0.25, -0.2) is 0 Å². The second-order valence-electron chi connectivity index (χ2n) is 2.85. The summed E-state index contributed by atoms with van der Waals surface area (Å²) in [5, 5.41) is 0. The van der Waals surface area contributed by atoms with Crippen molar-refractivity contribution in [2.24, 2.45) is 5.73 Å². The first kappa shape index (κ1) is 13.6. The summed E-state index contributed by atoms with van der Waals surface area (Å²) in [6.45, 7) is 1.42. The Morgan fingerprint density at radius 1 is 1.57 bits per heavy atom. The van der Waals surface area contributed by atoms with Crippen molar-refractivity contribution in [3.63, 3.8) is 0 Å². The van der Waals surface area contributed by atoms with E-state index >= 15 is 0 Å². The predicted molar refractivity (Wildman–Crippen MR) is 50.9 cm³/mol. The van der Waals surface area contributed by atoms with Gasteiger partial charge in [-0.2, -0.15) is 0 Å². The molecule has 3 nitrogen and oxygen atoms in total. The average Bonchev–Trinajstić information content (AvgIpc) is 2.00. The average molecular weight is 230 g/mol. The summed E-state index contributed by atoms with van der Waals surface area (Å²) in [6.07, 6.45) is -4.58. The molecule has 0 fully saturated rings. The van der Waals surface area contributed by atoms with Crippen LogP contribution in [0.1, 0.15) is 6.92 Å². The maximum absolute atomic E-state index is 11.6. The van der Waals surface area contributed by atoms with E-state index in [9.17, 15) is 13.2 Å². The fourth-order valence-electron chi connectivity index (χ4n) is 0.716. The SMILES string of the molecule is CC(C(N)=S)N(C)CCOC(F)(F)F. The largest absolute Gasteiger partial charge is 0.522 e. The molecule has 0 aliphatic carbocycles. The molecule has 0 spiro atoms. The molecule has 0 radical (unpaired) electrons. The van der Waals surface area contributed by atoms with E-state index in [1.807, 2.05) is 0 Å². The molecule has 0 rings (SSSR count). The van der Waals surface area contributed by atoms with E-state index in [-0.39, 0.29) is 17.6 Å². The molecule has 0 aliphatic rings. The summed E-state index contributed by atoms with van der Waals surface area (Å²) >= 11 is 4.69. The highest BCUT2D eigenvalue weighted by Crippen LogP contribution is 2.15. The number of likely N-dealkylation sites (N-methyl/N-ethyl adjacent to an activating group) is 1. The molecule has 0 amide bonds. The third kappa shape index (κ3) is 6.11. The van der Waals surface area contributed by atoms with Gasteiger partial charge in [-0.15, -0.1) is 13.2 Å². The molecule has 0 saturated carbocycles. The van der Waals surface area contributed by atoms with E-state index in [2.05, 4.69) is 4.74 Å². The van der Waals surface area contributed by atoms with Gasteiger partial charge in [-0.05, 0) is 14.0 Å². The first-order valence-corrected chi connectivity index (χ1v) is 4.35. The highest BCUT2D eigenvalue weighted by atomic mass is 32.1. The molecule has 0 heterocycles. The lowest BCUT2D eigenvalue weighted by atomic mass is 10.3. The van der Waals surface area contributed by atoms with Crippen LogP contribution in [0.15, 0.2) is 0 Å². The summed E-state index contributed by atoms with van der Waals surface area (Å²) < 4.78 is 38.3. The zero-order valence-electron chi connectivity index (χ0n) is 7.97. The first-order chi connectivity index (χ1) is 6.24. The van der Waals surface area contributed by atoms with Crippen molar-refractivity contribution in [3.8, 4) is 0 Å². The molecule has 1 unspecified atom stereocenters. The summed E-state index contributed by atoms with van der Waals surface area (Å²) in [5.41, 5.74) is 5.32. The lowest BCUT2D eigenvalue weighted by Gasteiger charge is -2.23. The Bertz CT molecular complexity index is 198. The molecule has 14 heavy (non-hydrogen) atoms. The van der Waals surface area contributed by atoms with Gasteiger partial charge in [0.2, 0.25) is 0 Å². The van der Waals surface area contributed by atoms with Gasteiger partial charge in [0.1, 0.15) is 0 Å². The van der Waals surface area contributed by atoms with Crippen LogP contribution in [0.2, 0.25) is 0 Å². The fourth-order valence-corrected chi connectivity index (χ4v) is 0.896. The number of hydrogen-bond acceptors (Lipinski definition) is 3. The molecular formula is C7H13F3N2OS. The maximum atomic E-state index is 11.6. The number of alkyl halides is 3. The number of nitrogens with zero attached hydrogens (tertiary/aromatic N) is 1. The molecule has 0 aromatic carbocycles. The minimum atomic E-state index is -4.58. The normalized spacial score (nSPS) is 14.4. The molecule has 0 aliphatic heterocycles. The van der Waals surface area contributed by atoms with Gasteiger partial charge >= 0.3 is 6.36 Å². The maximum Gasteiger partial charge on any atom is 0.522 e. The van der Waals surface area contributed by atoms with Crippen molar-refractivity contribution in [1.29, 1.82) is 0 Å². The topological polar surface area (TPSA) is 38.5 Å². The van der Waals surface area contributed by atoms with E-state index in [0.29, 0.717) is 0 Å². The summed E-state index contributed by atoms with van der Waals surface area (Å²) in [4.78, 5) is 1.84. The minimum absolute atomic E-state index is 0.123. The molecular weight excluding hydrogens is 217 g/mol. The molecule has 0 aromatic rings. The monoisotopic (exact) mass is 230 g/mol. The van der Waals surface area contributed by atoms with Gasteiger partial charge in [-0.3, -0.25) is 9.64 Å². The van der Waals surface area contributed by atoms with Crippen molar-refractivity contribution < 1.29 is 17.9 Å². The zero-order valence-corrected chi connectivity index (χ0v) is 8.78. The predicted octanol–water partition coefficient (Wildman–Crippen LogP) is 1.13. The number of ether oxygens (including phenoxy) is 1. The molecule has 2 N–H and O–H groups in total. The van der Waals surface area contributed by atoms with Crippen LogP contribution in [0.5, 0.6) is 0 Å². The quantitative estimate of drug-likeness (QED) is 0.718. The smallest absolute Gasteiger partial charge is 0.392 e. The lowest BCUT2D eigenvalue weighted by molar-refractivity contribution is -0.324. The molecule has 84 valence electrons. The third-order valence-electron chi connectivity index (χ3n) is 1.78. The van der Waals surface area contributed by atoms with Gasteiger partial charge < -0.3 is 5.73 Å². The molecule has 0 saturated heterocycles. The van der Waals surface area contributed by atoms with Crippen molar-refractivity contribution in [2.45, 2.75) is 19.3 Å². The molecule has 7 heteroatoms. The number of rotatable bonds is 5. The van der Waals surface area contributed by atoms with Crippen LogP contribution in [-0.4, -0.2) is 42.5 Å². The first-order valence-electron chi connectivity index (χ1n) is 3.94. The third-order valence-corrected chi connectivity index (χ3v) is 2.12. The standard InChI is InChI=1S/C7H13F3N2OS/c1-5(6(11)14)12(2)3-4-13-7(8,9)10/h5H,3-4H2,1-2H3,(H2,11,14). The van der Waals surface area contributed by atoms with Crippen LogP contribution in [0, 0.1) is 0 Å². The summed E-state index contributed by atoms with van der Waals surface area (Å²) in [7, 11) is 1.63. The Morgan fingerprint density at radius 3 is 2.43 bits per heavy atom. The van der Waals surface area contributed by atoms with Crippen LogP contribution >= 0.6 is 12.2 Å². The molecule has 1 atom stereocenters. The number of hydrogen-bond donors (Lipinski definition) is 1. The number of halogens is 3. The Balaban J connectivity index is 3.75. The minimum Gasteiger partial charge on any atom is -0.392 e. The van der Waals surface area contributed by atoms with Crippen LogP contribution in [-0.2, 0) is 4.74 Å². The number of thiocarbonyl (C=S) groups is 1. The van der Waals surface area contributed by atoms with Crippen LogP contribution < -0.4 is 5.73 Å². The lowest BCUT2D eigenvalue weighted by Crippen LogP contribution is -2.41. The Morgan fingerprint density at radius 2 is 2.07 bits per heavy atom. The van der Waals surface area contributed by atoms with Gasteiger partial charge in [0.25, 0.3) is 0 Å². The Hall–Kier alpha value is -0.400. The van der Waals surface area contributed by atoms with Gasteiger partial charge in [0, 0.05) is 6.54 Å². The van der Waals surface area contributed by atoms with Crippen LogP contribution in [0.4, 0.5) is 13.2 Å².